The first-order valence-corrected chi connectivity index (χ1v) is 4.50. The number of halogens is 1. The van der Waals surface area contributed by atoms with Crippen LogP contribution in [0.15, 0.2) is 24.3 Å². The maximum atomic E-state index is 13.3. The minimum absolute atomic E-state index is 0.00986. The van der Waals surface area contributed by atoms with Gasteiger partial charge in [0.05, 0.1) is 5.69 Å². The highest BCUT2D eigenvalue weighted by atomic mass is 19.1. The third-order valence-corrected chi connectivity index (χ3v) is 2.23. The number of carbonyl (C=O) groups is 2. The quantitative estimate of drug-likeness (QED) is 0.706. The Balaban J connectivity index is 2.44. The summed E-state index contributed by atoms with van der Waals surface area (Å²) in [6.45, 7) is 1.56. The van der Waals surface area contributed by atoms with Crippen LogP contribution >= 0.6 is 0 Å². The highest BCUT2D eigenvalue weighted by molar-refractivity contribution is 6.21. The summed E-state index contributed by atoms with van der Waals surface area (Å²) in [6, 6.07) is 4.49. The van der Waals surface area contributed by atoms with Gasteiger partial charge in [-0.15, -0.1) is 0 Å². The normalized spacial score (nSPS) is 20.7. The summed E-state index contributed by atoms with van der Waals surface area (Å²) in [7, 11) is 0. The van der Waals surface area contributed by atoms with E-state index in [1.807, 2.05) is 0 Å². The van der Waals surface area contributed by atoms with Crippen molar-refractivity contribution in [2.45, 2.75) is 13.0 Å². The average Bonchev–Trinajstić information content (AvgIpc) is 2.43. The molecule has 1 unspecified atom stereocenters. The van der Waals surface area contributed by atoms with E-state index in [1.165, 1.54) is 18.2 Å². The number of nitrogens with zero attached hydrogens (tertiary/aromatic N) is 1. The van der Waals surface area contributed by atoms with Crippen molar-refractivity contribution < 1.29 is 14.0 Å². The number of hydrogen-bond acceptors (Lipinski definition) is 2. The van der Waals surface area contributed by atoms with Crippen LogP contribution in [0, 0.1) is 5.82 Å². The summed E-state index contributed by atoms with van der Waals surface area (Å²) in [6.07, 6.45) is 0. The molecule has 0 aliphatic carbocycles. The number of urea groups is 1. The van der Waals surface area contributed by atoms with Crippen LogP contribution in [-0.2, 0) is 4.79 Å². The van der Waals surface area contributed by atoms with Gasteiger partial charge in [0, 0.05) is 0 Å². The second-order valence-corrected chi connectivity index (χ2v) is 3.30. The zero-order valence-electron chi connectivity index (χ0n) is 8.03. The smallest absolute Gasteiger partial charge is 0.326 e. The van der Waals surface area contributed by atoms with E-state index in [4.69, 9.17) is 0 Å². The van der Waals surface area contributed by atoms with Crippen molar-refractivity contribution in [3.05, 3.63) is 30.1 Å². The molecule has 78 valence electrons. The molecule has 4 nitrogen and oxygen atoms in total. The minimum Gasteiger partial charge on any atom is -0.326 e. The molecule has 5 heteroatoms. The number of imide groups is 1. The molecule has 0 bridgehead atoms. The Bertz CT molecular complexity index is 433. The molecule has 0 radical (unpaired) electrons. The van der Waals surface area contributed by atoms with E-state index in [1.54, 1.807) is 13.0 Å². The second kappa shape index (κ2) is 3.34. The number of amides is 3. The lowest BCUT2D eigenvalue weighted by molar-refractivity contribution is -0.118. The van der Waals surface area contributed by atoms with E-state index in [-0.39, 0.29) is 5.69 Å². The van der Waals surface area contributed by atoms with E-state index >= 15 is 0 Å². The summed E-state index contributed by atoms with van der Waals surface area (Å²) < 4.78 is 13.3. The van der Waals surface area contributed by atoms with Gasteiger partial charge < -0.3 is 5.32 Å². The van der Waals surface area contributed by atoms with Crippen LogP contribution in [0.3, 0.4) is 0 Å². The molecule has 0 spiro atoms. The van der Waals surface area contributed by atoms with E-state index in [0.29, 0.717) is 0 Å². The predicted molar refractivity (Wildman–Crippen MR) is 51.9 cm³/mol. The average molecular weight is 208 g/mol. The molecular formula is C10H9FN2O2. The first-order chi connectivity index (χ1) is 7.11. The van der Waals surface area contributed by atoms with Crippen molar-refractivity contribution in [3.8, 4) is 0 Å². The lowest BCUT2D eigenvalue weighted by Crippen LogP contribution is -2.31. The standard InChI is InChI=1S/C10H9FN2O2/c1-6-9(14)13(10(15)12-6)8-5-3-2-4-7(8)11/h2-6H,1H3,(H,12,15). The molecule has 0 saturated carbocycles. The Morgan fingerprint density at radius 3 is 2.53 bits per heavy atom. The van der Waals surface area contributed by atoms with Gasteiger partial charge in [-0.05, 0) is 19.1 Å². The molecule has 1 aliphatic heterocycles. The fourth-order valence-electron chi connectivity index (χ4n) is 1.47. The van der Waals surface area contributed by atoms with Crippen LogP contribution < -0.4 is 10.2 Å². The maximum absolute atomic E-state index is 13.3. The summed E-state index contributed by atoms with van der Waals surface area (Å²) in [5, 5.41) is 2.41. The molecule has 1 aromatic carbocycles. The molecular weight excluding hydrogens is 199 g/mol. The number of carbonyl (C=O) groups excluding carboxylic acids is 2. The van der Waals surface area contributed by atoms with Crippen LogP contribution in [0.4, 0.5) is 14.9 Å². The molecule has 1 heterocycles. The third-order valence-electron chi connectivity index (χ3n) is 2.23. The molecule has 1 fully saturated rings. The summed E-state index contributed by atoms with van der Waals surface area (Å²) in [4.78, 5) is 23.7. The van der Waals surface area contributed by atoms with Crippen molar-refractivity contribution in [2.75, 3.05) is 4.90 Å². The number of rotatable bonds is 1. The van der Waals surface area contributed by atoms with Crippen molar-refractivity contribution in [3.63, 3.8) is 0 Å². The van der Waals surface area contributed by atoms with E-state index in [2.05, 4.69) is 5.32 Å². The van der Waals surface area contributed by atoms with E-state index in [0.717, 1.165) is 4.90 Å². The summed E-state index contributed by atoms with van der Waals surface area (Å²) >= 11 is 0. The van der Waals surface area contributed by atoms with Gasteiger partial charge in [-0.2, -0.15) is 0 Å². The van der Waals surface area contributed by atoms with Crippen LogP contribution in [0.5, 0.6) is 0 Å². The molecule has 15 heavy (non-hydrogen) atoms. The number of hydrogen-bond donors (Lipinski definition) is 1. The van der Waals surface area contributed by atoms with Gasteiger partial charge in [0.1, 0.15) is 11.9 Å². The Labute approximate surface area is 85.7 Å². The molecule has 1 aliphatic rings. The van der Waals surface area contributed by atoms with Crippen LogP contribution in [0.1, 0.15) is 6.92 Å². The van der Waals surface area contributed by atoms with Gasteiger partial charge in [-0.25, -0.2) is 14.1 Å². The maximum Gasteiger partial charge on any atom is 0.329 e. The number of anilines is 1. The second-order valence-electron chi connectivity index (χ2n) is 3.30. The number of nitrogens with one attached hydrogen (secondary N) is 1. The Hall–Kier alpha value is -1.91. The number of para-hydroxylation sites is 1. The largest absolute Gasteiger partial charge is 0.329 e. The van der Waals surface area contributed by atoms with Gasteiger partial charge in [0.15, 0.2) is 0 Å². The molecule has 1 aromatic rings. The monoisotopic (exact) mass is 208 g/mol. The SMILES string of the molecule is CC1NC(=O)N(c2ccccc2F)C1=O. The fourth-order valence-corrected chi connectivity index (χ4v) is 1.47. The molecule has 0 aromatic heterocycles. The topological polar surface area (TPSA) is 49.4 Å². The van der Waals surface area contributed by atoms with Crippen molar-refractivity contribution >= 4 is 17.6 Å². The van der Waals surface area contributed by atoms with Crippen LogP contribution in [0.25, 0.3) is 0 Å². The highest BCUT2D eigenvalue weighted by Crippen LogP contribution is 2.22. The molecule has 1 N–H and O–H groups in total. The van der Waals surface area contributed by atoms with Crippen molar-refractivity contribution in [1.82, 2.24) is 5.32 Å². The van der Waals surface area contributed by atoms with Crippen LogP contribution in [0.2, 0.25) is 0 Å². The van der Waals surface area contributed by atoms with E-state index in [9.17, 15) is 14.0 Å². The Kier molecular flexibility index (Phi) is 2.15. The van der Waals surface area contributed by atoms with Crippen molar-refractivity contribution in [2.24, 2.45) is 0 Å². The predicted octanol–water partition coefficient (Wildman–Crippen LogP) is 1.27. The van der Waals surface area contributed by atoms with Gasteiger partial charge in [0.25, 0.3) is 5.91 Å². The minimum atomic E-state index is -0.600. The van der Waals surface area contributed by atoms with Crippen molar-refractivity contribution in [1.29, 1.82) is 0 Å². The molecule has 3 amide bonds. The third kappa shape index (κ3) is 1.45. The van der Waals surface area contributed by atoms with Gasteiger partial charge in [0.2, 0.25) is 0 Å². The molecule has 1 saturated heterocycles. The lowest BCUT2D eigenvalue weighted by atomic mass is 10.2. The Morgan fingerprint density at radius 1 is 1.33 bits per heavy atom. The van der Waals surface area contributed by atoms with Gasteiger partial charge in [-0.1, -0.05) is 12.1 Å². The van der Waals surface area contributed by atoms with Gasteiger partial charge >= 0.3 is 6.03 Å². The summed E-state index contributed by atoms with van der Waals surface area (Å²) in [5.74, 6) is -1.03. The van der Waals surface area contributed by atoms with Crippen LogP contribution in [-0.4, -0.2) is 18.0 Å². The van der Waals surface area contributed by atoms with Gasteiger partial charge in [-0.3, -0.25) is 4.79 Å². The summed E-state index contributed by atoms with van der Waals surface area (Å²) in [5.41, 5.74) is -0.00986. The lowest BCUT2D eigenvalue weighted by Gasteiger charge is -2.12. The number of benzene rings is 1. The zero-order valence-corrected chi connectivity index (χ0v) is 8.03. The Morgan fingerprint density at radius 2 is 2.00 bits per heavy atom. The fraction of sp³-hybridized carbons (Fsp3) is 0.200. The molecule has 1 atom stereocenters. The molecule has 2 rings (SSSR count). The zero-order chi connectivity index (χ0) is 11.0. The first kappa shape index (κ1) is 9.64. The highest BCUT2D eigenvalue weighted by Gasteiger charge is 2.37. The first-order valence-electron chi connectivity index (χ1n) is 4.50. The van der Waals surface area contributed by atoms with E-state index < -0.39 is 23.8 Å².